The number of nitrogens with zero attached hydrogens (tertiary/aromatic N) is 3. The van der Waals surface area contributed by atoms with Crippen molar-refractivity contribution in [2.24, 2.45) is 17.3 Å². The van der Waals surface area contributed by atoms with Crippen LogP contribution in [0.5, 0.6) is 0 Å². The lowest BCUT2D eigenvalue weighted by molar-refractivity contribution is 0.314. The van der Waals surface area contributed by atoms with Crippen LogP contribution in [0.4, 0.5) is 0 Å². The monoisotopic (exact) mass is 266 g/mol. The largest absolute Gasteiger partial charge is 0.316 e. The quantitative estimate of drug-likeness (QED) is 0.787. The van der Waals surface area contributed by atoms with Crippen LogP contribution in [-0.4, -0.2) is 27.9 Å². The molecule has 1 rings (SSSR count). The number of rotatable bonds is 8. The van der Waals surface area contributed by atoms with Crippen LogP contribution in [0.1, 0.15) is 47.4 Å². The Balaban J connectivity index is 2.54. The fourth-order valence-electron chi connectivity index (χ4n) is 2.11. The van der Waals surface area contributed by atoms with Crippen LogP contribution in [-0.2, 0) is 13.0 Å². The second kappa shape index (κ2) is 7.04. The highest BCUT2D eigenvalue weighted by molar-refractivity contribution is 4.92. The lowest BCUT2D eigenvalue weighted by Gasteiger charge is -2.25. The summed E-state index contributed by atoms with van der Waals surface area (Å²) in [5.41, 5.74) is 0.205. The molecule has 0 unspecified atom stereocenters. The first-order chi connectivity index (χ1) is 8.80. The van der Waals surface area contributed by atoms with Gasteiger partial charge < -0.3 is 5.32 Å². The van der Waals surface area contributed by atoms with Gasteiger partial charge in [0.05, 0.1) is 0 Å². The molecular weight excluding hydrogens is 236 g/mol. The van der Waals surface area contributed by atoms with Gasteiger partial charge >= 0.3 is 0 Å². The van der Waals surface area contributed by atoms with E-state index >= 15 is 0 Å². The predicted octanol–water partition coefficient (Wildman–Crippen LogP) is 2.75. The molecule has 4 heteroatoms. The fourth-order valence-corrected chi connectivity index (χ4v) is 2.11. The minimum atomic E-state index is 0.205. The van der Waals surface area contributed by atoms with Crippen LogP contribution in [0, 0.1) is 17.3 Å². The predicted molar refractivity (Wildman–Crippen MR) is 80.1 cm³/mol. The summed E-state index contributed by atoms with van der Waals surface area (Å²) < 4.78 is 2.05. The third-order valence-corrected chi connectivity index (χ3v) is 3.03. The molecule has 19 heavy (non-hydrogen) atoms. The van der Waals surface area contributed by atoms with Gasteiger partial charge in [-0.1, -0.05) is 41.5 Å². The molecule has 0 saturated carbocycles. The van der Waals surface area contributed by atoms with Crippen molar-refractivity contribution >= 4 is 0 Å². The summed E-state index contributed by atoms with van der Waals surface area (Å²) in [6.07, 6.45) is 2.64. The van der Waals surface area contributed by atoms with Crippen molar-refractivity contribution in [2.45, 2.75) is 54.5 Å². The van der Waals surface area contributed by atoms with Crippen molar-refractivity contribution in [3.05, 3.63) is 12.2 Å². The third kappa shape index (κ3) is 6.19. The lowest BCUT2D eigenvalue weighted by atomic mass is 9.88. The Morgan fingerprint density at radius 2 is 1.89 bits per heavy atom. The van der Waals surface area contributed by atoms with E-state index in [1.54, 1.807) is 6.33 Å². The summed E-state index contributed by atoms with van der Waals surface area (Å²) in [4.78, 5) is 4.42. The number of nitrogens with one attached hydrogen (secondary N) is 1. The molecule has 1 heterocycles. The van der Waals surface area contributed by atoms with Gasteiger partial charge in [0.2, 0.25) is 0 Å². The maximum absolute atomic E-state index is 4.42. The van der Waals surface area contributed by atoms with Crippen molar-refractivity contribution in [3.8, 4) is 0 Å². The molecule has 0 fully saturated rings. The molecule has 0 saturated heterocycles. The number of aromatic nitrogens is 3. The van der Waals surface area contributed by atoms with Crippen molar-refractivity contribution in [2.75, 3.05) is 13.1 Å². The first kappa shape index (κ1) is 16.2. The van der Waals surface area contributed by atoms with Gasteiger partial charge in [-0.2, -0.15) is 5.10 Å². The second-order valence-corrected chi connectivity index (χ2v) is 7.12. The molecule has 1 N–H and O–H groups in total. The molecular formula is C15H30N4. The summed E-state index contributed by atoms with van der Waals surface area (Å²) in [7, 11) is 0. The van der Waals surface area contributed by atoms with Gasteiger partial charge in [-0.15, -0.1) is 0 Å². The standard InChI is InChI=1S/C15H30N4/c1-12(2)8-16-10-15(5,6)7-14-17-11-18-19(14)9-13(3)4/h11-13,16H,7-10H2,1-6H3. The van der Waals surface area contributed by atoms with Crippen LogP contribution < -0.4 is 5.32 Å². The molecule has 110 valence electrons. The molecule has 0 aliphatic carbocycles. The summed E-state index contributed by atoms with van der Waals surface area (Å²) >= 11 is 0. The Bertz CT molecular complexity index is 366. The zero-order valence-corrected chi connectivity index (χ0v) is 13.4. The van der Waals surface area contributed by atoms with Crippen molar-refractivity contribution in [1.29, 1.82) is 0 Å². The Morgan fingerprint density at radius 1 is 1.21 bits per heavy atom. The fraction of sp³-hybridized carbons (Fsp3) is 0.867. The zero-order valence-electron chi connectivity index (χ0n) is 13.4. The average Bonchev–Trinajstić information content (AvgIpc) is 2.62. The lowest BCUT2D eigenvalue weighted by Crippen LogP contribution is -2.34. The minimum absolute atomic E-state index is 0.205. The van der Waals surface area contributed by atoms with Crippen LogP contribution in [0.3, 0.4) is 0 Å². The first-order valence-corrected chi connectivity index (χ1v) is 7.37. The molecule has 0 aliphatic rings. The van der Waals surface area contributed by atoms with E-state index in [9.17, 15) is 0 Å². The van der Waals surface area contributed by atoms with Crippen molar-refractivity contribution in [1.82, 2.24) is 20.1 Å². The van der Waals surface area contributed by atoms with Gasteiger partial charge in [-0.3, -0.25) is 0 Å². The molecule has 0 atom stereocenters. The SMILES string of the molecule is CC(C)CNCC(C)(C)Cc1ncnn1CC(C)C. The summed E-state index contributed by atoms with van der Waals surface area (Å²) in [6.45, 7) is 16.5. The van der Waals surface area contributed by atoms with Gasteiger partial charge in [0.15, 0.2) is 0 Å². The van der Waals surface area contributed by atoms with Gasteiger partial charge in [0.1, 0.15) is 12.2 Å². The highest BCUT2D eigenvalue weighted by Crippen LogP contribution is 2.20. The summed E-state index contributed by atoms with van der Waals surface area (Å²) in [6, 6.07) is 0. The molecule has 0 spiro atoms. The van der Waals surface area contributed by atoms with Crippen LogP contribution >= 0.6 is 0 Å². The topological polar surface area (TPSA) is 42.7 Å². The highest BCUT2D eigenvalue weighted by atomic mass is 15.3. The molecule has 1 aromatic rings. The van der Waals surface area contributed by atoms with E-state index in [0.717, 1.165) is 31.9 Å². The molecule has 0 aromatic carbocycles. The number of hydrogen-bond donors (Lipinski definition) is 1. The molecule has 0 amide bonds. The normalized spacial score (nSPS) is 12.6. The van der Waals surface area contributed by atoms with Gasteiger partial charge in [-0.25, -0.2) is 9.67 Å². The van der Waals surface area contributed by atoms with Gasteiger partial charge in [0.25, 0.3) is 0 Å². The van der Waals surface area contributed by atoms with Crippen LogP contribution in [0.25, 0.3) is 0 Å². The number of hydrogen-bond acceptors (Lipinski definition) is 3. The van der Waals surface area contributed by atoms with E-state index < -0.39 is 0 Å². The Kier molecular flexibility index (Phi) is 5.98. The third-order valence-electron chi connectivity index (χ3n) is 3.03. The van der Waals surface area contributed by atoms with E-state index in [0.29, 0.717) is 11.8 Å². The smallest absolute Gasteiger partial charge is 0.138 e. The average molecular weight is 266 g/mol. The van der Waals surface area contributed by atoms with E-state index in [1.165, 1.54) is 0 Å². The molecule has 0 aliphatic heterocycles. The van der Waals surface area contributed by atoms with E-state index in [4.69, 9.17) is 0 Å². The molecule has 0 bridgehead atoms. The Hall–Kier alpha value is -0.900. The molecule has 4 nitrogen and oxygen atoms in total. The summed E-state index contributed by atoms with van der Waals surface area (Å²) in [5, 5.41) is 7.87. The van der Waals surface area contributed by atoms with Gasteiger partial charge in [0, 0.05) is 19.5 Å². The molecule has 0 radical (unpaired) electrons. The van der Waals surface area contributed by atoms with E-state index in [-0.39, 0.29) is 5.41 Å². The zero-order chi connectivity index (χ0) is 14.5. The van der Waals surface area contributed by atoms with Crippen molar-refractivity contribution in [3.63, 3.8) is 0 Å². The van der Waals surface area contributed by atoms with E-state index in [1.807, 2.05) is 0 Å². The maximum Gasteiger partial charge on any atom is 0.138 e. The van der Waals surface area contributed by atoms with Crippen LogP contribution in [0.2, 0.25) is 0 Å². The van der Waals surface area contributed by atoms with Gasteiger partial charge in [-0.05, 0) is 23.8 Å². The Morgan fingerprint density at radius 3 is 2.47 bits per heavy atom. The maximum atomic E-state index is 4.42. The van der Waals surface area contributed by atoms with Crippen LogP contribution in [0.15, 0.2) is 6.33 Å². The Labute approximate surface area is 118 Å². The minimum Gasteiger partial charge on any atom is -0.316 e. The van der Waals surface area contributed by atoms with Crippen molar-refractivity contribution < 1.29 is 0 Å². The molecule has 1 aromatic heterocycles. The summed E-state index contributed by atoms with van der Waals surface area (Å²) in [5.74, 6) is 2.40. The highest BCUT2D eigenvalue weighted by Gasteiger charge is 2.21. The van der Waals surface area contributed by atoms with E-state index in [2.05, 4.69) is 61.6 Å². The first-order valence-electron chi connectivity index (χ1n) is 7.37. The second-order valence-electron chi connectivity index (χ2n) is 7.12.